The van der Waals surface area contributed by atoms with Gasteiger partial charge in [0.25, 0.3) is 5.91 Å². The molecule has 0 spiro atoms. The van der Waals surface area contributed by atoms with Crippen LogP contribution in [0.5, 0.6) is 0 Å². The van der Waals surface area contributed by atoms with Gasteiger partial charge in [-0.15, -0.1) is 11.8 Å². The summed E-state index contributed by atoms with van der Waals surface area (Å²) >= 11 is 1.77. The Morgan fingerprint density at radius 1 is 1.07 bits per heavy atom. The predicted molar refractivity (Wildman–Crippen MR) is 124 cm³/mol. The molecule has 1 saturated heterocycles. The van der Waals surface area contributed by atoms with Crippen LogP contribution in [0.1, 0.15) is 28.8 Å². The molecule has 0 unspecified atom stereocenters. The van der Waals surface area contributed by atoms with E-state index in [9.17, 15) is 4.79 Å². The molecule has 1 aliphatic rings. The smallest absolute Gasteiger partial charge is 0.253 e. The fourth-order valence-corrected chi connectivity index (χ4v) is 4.30. The third-order valence-electron chi connectivity index (χ3n) is 5.60. The molecule has 1 aliphatic heterocycles. The van der Waals surface area contributed by atoms with E-state index in [-0.39, 0.29) is 11.9 Å². The van der Waals surface area contributed by atoms with Crippen LogP contribution in [-0.2, 0) is 6.54 Å². The minimum absolute atomic E-state index is 0.0262. The molecule has 0 atom stereocenters. The van der Waals surface area contributed by atoms with Gasteiger partial charge in [-0.2, -0.15) is 0 Å². The van der Waals surface area contributed by atoms with E-state index in [1.165, 1.54) is 21.6 Å². The normalized spacial score (nSPS) is 15.1. The van der Waals surface area contributed by atoms with Crippen molar-refractivity contribution in [1.82, 2.24) is 15.2 Å². The molecular weight excluding hydrogens is 390 g/mol. The van der Waals surface area contributed by atoms with Gasteiger partial charge in [-0.1, -0.05) is 30.3 Å². The van der Waals surface area contributed by atoms with Gasteiger partial charge in [0.15, 0.2) is 0 Å². The number of amides is 1. The molecule has 1 N–H and O–H groups in total. The Hall–Kier alpha value is -2.63. The number of thioether (sulfide) groups is 1. The number of likely N-dealkylation sites (tertiary alicyclic amines) is 1. The second kappa shape index (κ2) is 9.92. The number of nitrogens with one attached hydrogen (secondary N) is 1. The molecule has 0 bridgehead atoms. The summed E-state index contributed by atoms with van der Waals surface area (Å²) in [6.07, 6.45) is 7.35. The number of hydrogen-bond donors (Lipinski definition) is 1. The number of carbonyl (C=O) groups is 1. The zero-order valence-electron chi connectivity index (χ0n) is 17.3. The van der Waals surface area contributed by atoms with Gasteiger partial charge >= 0.3 is 0 Å². The van der Waals surface area contributed by atoms with Gasteiger partial charge in [0.1, 0.15) is 0 Å². The van der Waals surface area contributed by atoms with Crippen molar-refractivity contribution in [2.24, 2.45) is 0 Å². The summed E-state index contributed by atoms with van der Waals surface area (Å²) in [5.74, 6) is -0.0262. The van der Waals surface area contributed by atoms with Crippen molar-refractivity contribution in [3.05, 3.63) is 84.2 Å². The fraction of sp³-hybridized carbons (Fsp3) is 0.280. The first-order valence-corrected chi connectivity index (χ1v) is 11.6. The number of benzene rings is 2. The van der Waals surface area contributed by atoms with Crippen LogP contribution >= 0.6 is 11.8 Å². The number of pyridine rings is 1. The molecule has 4 nitrogen and oxygen atoms in total. The molecular formula is C25H27N3OS. The molecule has 4 rings (SSSR count). The molecule has 5 heteroatoms. The van der Waals surface area contributed by atoms with E-state index in [4.69, 9.17) is 0 Å². The maximum Gasteiger partial charge on any atom is 0.253 e. The van der Waals surface area contributed by atoms with Crippen LogP contribution in [0.4, 0.5) is 0 Å². The highest BCUT2D eigenvalue weighted by molar-refractivity contribution is 7.98. The third kappa shape index (κ3) is 5.29. The Morgan fingerprint density at radius 2 is 1.87 bits per heavy atom. The van der Waals surface area contributed by atoms with E-state index in [0.29, 0.717) is 5.56 Å². The lowest BCUT2D eigenvalue weighted by Crippen LogP contribution is -2.44. The Kier molecular flexibility index (Phi) is 6.82. The van der Waals surface area contributed by atoms with E-state index in [2.05, 4.69) is 70.0 Å². The van der Waals surface area contributed by atoms with Crippen molar-refractivity contribution < 1.29 is 4.79 Å². The maximum atomic E-state index is 12.3. The monoisotopic (exact) mass is 417 g/mol. The topological polar surface area (TPSA) is 45.2 Å². The van der Waals surface area contributed by atoms with Crippen LogP contribution in [0.3, 0.4) is 0 Å². The van der Waals surface area contributed by atoms with E-state index in [1.54, 1.807) is 36.3 Å². The highest BCUT2D eigenvalue weighted by Crippen LogP contribution is 2.24. The van der Waals surface area contributed by atoms with Crippen LogP contribution in [0.2, 0.25) is 0 Å². The van der Waals surface area contributed by atoms with E-state index in [1.807, 2.05) is 0 Å². The molecule has 30 heavy (non-hydrogen) atoms. The maximum absolute atomic E-state index is 12.3. The van der Waals surface area contributed by atoms with E-state index in [0.717, 1.165) is 32.5 Å². The Balaban J connectivity index is 1.31. The summed E-state index contributed by atoms with van der Waals surface area (Å²) in [4.78, 5) is 20.1. The molecule has 1 amide bonds. The number of nitrogens with zero attached hydrogens (tertiary/aromatic N) is 2. The number of aromatic nitrogens is 1. The number of carbonyl (C=O) groups excluding carboxylic acids is 1. The van der Waals surface area contributed by atoms with Crippen molar-refractivity contribution in [3.8, 4) is 11.1 Å². The molecule has 0 saturated carbocycles. The first-order chi connectivity index (χ1) is 14.7. The van der Waals surface area contributed by atoms with Crippen molar-refractivity contribution in [2.45, 2.75) is 30.3 Å². The molecule has 1 fully saturated rings. The van der Waals surface area contributed by atoms with Crippen LogP contribution in [0.15, 0.2) is 78.0 Å². The molecule has 2 heterocycles. The van der Waals surface area contributed by atoms with Crippen molar-refractivity contribution in [2.75, 3.05) is 19.3 Å². The zero-order valence-corrected chi connectivity index (χ0v) is 18.1. The quantitative estimate of drug-likeness (QED) is 0.582. The molecule has 3 aromatic rings. The molecule has 0 radical (unpaired) electrons. The van der Waals surface area contributed by atoms with Crippen molar-refractivity contribution >= 4 is 17.7 Å². The minimum Gasteiger partial charge on any atom is -0.349 e. The third-order valence-corrected chi connectivity index (χ3v) is 6.35. The molecule has 154 valence electrons. The number of piperidine rings is 1. The first-order valence-electron chi connectivity index (χ1n) is 10.4. The van der Waals surface area contributed by atoms with Gasteiger partial charge < -0.3 is 5.32 Å². The number of hydrogen-bond acceptors (Lipinski definition) is 4. The molecule has 0 aliphatic carbocycles. The highest BCUT2D eigenvalue weighted by atomic mass is 32.2. The average molecular weight is 418 g/mol. The van der Waals surface area contributed by atoms with Gasteiger partial charge in [0, 0.05) is 43.0 Å². The molecule has 1 aromatic heterocycles. The second-order valence-electron chi connectivity index (χ2n) is 7.69. The Bertz CT molecular complexity index is 967. The zero-order chi connectivity index (χ0) is 20.8. The SMILES string of the molecule is CSc1ccc(-c2cccc(CN3CCC(NC(=O)c4cccnc4)CC3)c2)cc1. The summed E-state index contributed by atoms with van der Waals surface area (Å²) in [5.41, 5.74) is 4.48. The lowest BCUT2D eigenvalue weighted by Gasteiger charge is -2.32. The van der Waals surface area contributed by atoms with Gasteiger partial charge in [0.05, 0.1) is 5.56 Å². The number of rotatable bonds is 6. The van der Waals surface area contributed by atoms with Crippen molar-refractivity contribution in [1.29, 1.82) is 0 Å². The summed E-state index contributed by atoms with van der Waals surface area (Å²) in [6, 6.07) is 21.4. The van der Waals surface area contributed by atoms with E-state index < -0.39 is 0 Å². The van der Waals surface area contributed by atoms with Crippen LogP contribution < -0.4 is 5.32 Å². The Labute approximate surface area is 182 Å². The summed E-state index contributed by atoms with van der Waals surface area (Å²) in [5, 5.41) is 3.15. The summed E-state index contributed by atoms with van der Waals surface area (Å²) in [6.45, 7) is 2.93. The van der Waals surface area contributed by atoms with Crippen molar-refractivity contribution in [3.63, 3.8) is 0 Å². The van der Waals surface area contributed by atoms with Crippen LogP contribution in [-0.4, -0.2) is 41.2 Å². The summed E-state index contributed by atoms with van der Waals surface area (Å²) in [7, 11) is 0. The summed E-state index contributed by atoms with van der Waals surface area (Å²) < 4.78 is 0. The van der Waals surface area contributed by atoms with Gasteiger partial charge in [-0.3, -0.25) is 14.7 Å². The highest BCUT2D eigenvalue weighted by Gasteiger charge is 2.21. The largest absolute Gasteiger partial charge is 0.349 e. The predicted octanol–water partition coefficient (Wildman–Crippen LogP) is 4.86. The Morgan fingerprint density at radius 3 is 2.57 bits per heavy atom. The lowest BCUT2D eigenvalue weighted by molar-refractivity contribution is 0.0908. The molecule has 2 aromatic carbocycles. The van der Waals surface area contributed by atoms with Gasteiger partial charge in [-0.25, -0.2) is 0 Å². The van der Waals surface area contributed by atoms with Gasteiger partial charge in [-0.05, 0) is 66.1 Å². The average Bonchev–Trinajstić information content (AvgIpc) is 2.81. The fourth-order valence-electron chi connectivity index (χ4n) is 3.89. The van der Waals surface area contributed by atoms with Gasteiger partial charge in [0.2, 0.25) is 0 Å². The lowest BCUT2D eigenvalue weighted by atomic mass is 10.0. The minimum atomic E-state index is -0.0262. The first kappa shape index (κ1) is 20.6. The van der Waals surface area contributed by atoms with Crippen LogP contribution in [0.25, 0.3) is 11.1 Å². The van der Waals surface area contributed by atoms with E-state index >= 15 is 0 Å². The standard InChI is InChI=1S/C25H27N3OS/c1-30-24-9-7-20(8-10-24)21-5-2-4-19(16-21)18-28-14-11-23(12-15-28)27-25(29)22-6-3-13-26-17-22/h2-10,13,16-17,23H,11-12,14-15,18H2,1H3,(H,27,29). The second-order valence-corrected chi connectivity index (χ2v) is 8.57. The van der Waals surface area contributed by atoms with Crippen LogP contribution in [0, 0.1) is 0 Å².